The van der Waals surface area contributed by atoms with Crippen LogP contribution in [0.25, 0.3) is 0 Å². The molecule has 0 aliphatic heterocycles. The second-order valence-corrected chi connectivity index (χ2v) is 6.23. The van der Waals surface area contributed by atoms with Gasteiger partial charge in [0.05, 0.1) is 0 Å². The molecular formula is C17H21NO3. The average molecular weight is 287 g/mol. The maximum absolute atomic E-state index is 12.4. The second kappa shape index (κ2) is 5.17. The van der Waals surface area contributed by atoms with Gasteiger partial charge in [-0.15, -0.1) is 0 Å². The van der Waals surface area contributed by atoms with Crippen LogP contribution < -0.4 is 5.32 Å². The summed E-state index contributed by atoms with van der Waals surface area (Å²) in [5.41, 5.74) is 2.62. The van der Waals surface area contributed by atoms with Gasteiger partial charge < -0.3 is 10.4 Å². The Hall–Kier alpha value is -1.84. The summed E-state index contributed by atoms with van der Waals surface area (Å²) in [7, 11) is 0. The van der Waals surface area contributed by atoms with Crippen LogP contribution in [0.1, 0.15) is 43.7 Å². The number of fused-ring (bicyclic) bond motifs is 2. The first kappa shape index (κ1) is 14.1. The van der Waals surface area contributed by atoms with E-state index in [9.17, 15) is 9.59 Å². The van der Waals surface area contributed by atoms with E-state index in [0.717, 1.165) is 25.7 Å². The number of carbonyl (C=O) groups is 2. The molecule has 0 bridgehead atoms. The summed E-state index contributed by atoms with van der Waals surface area (Å²) in [6.45, 7) is 1.78. The molecule has 3 atom stereocenters. The number of rotatable bonds is 4. The maximum atomic E-state index is 12.4. The maximum Gasteiger partial charge on any atom is 0.326 e. The van der Waals surface area contributed by atoms with Crippen molar-refractivity contribution in [1.82, 2.24) is 5.32 Å². The summed E-state index contributed by atoms with van der Waals surface area (Å²) in [4.78, 5) is 23.4. The molecule has 3 rings (SSSR count). The molecule has 0 heterocycles. The molecule has 21 heavy (non-hydrogen) atoms. The number of carbonyl (C=O) groups excluding carboxylic acids is 1. The Labute approximate surface area is 124 Å². The Morgan fingerprint density at radius 1 is 1.43 bits per heavy atom. The van der Waals surface area contributed by atoms with Gasteiger partial charge in [-0.2, -0.15) is 0 Å². The first-order valence-electron chi connectivity index (χ1n) is 7.70. The number of carboxylic acid groups (broad SMARTS) is 1. The highest BCUT2D eigenvalue weighted by Crippen LogP contribution is 2.60. The number of nitrogens with one attached hydrogen (secondary N) is 1. The summed E-state index contributed by atoms with van der Waals surface area (Å²) in [5.74, 6) is -1.11. The van der Waals surface area contributed by atoms with E-state index in [0.29, 0.717) is 6.42 Å². The number of benzene rings is 1. The zero-order valence-corrected chi connectivity index (χ0v) is 12.3. The van der Waals surface area contributed by atoms with Gasteiger partial charge in [-0.05, 0) is 43.2 Å². The zero-order valence-electron chi connectivity index (χ0n) is 12.3. The van der Waals surface area contributed by atoms with Crippen LogP contribution in [0.4, 0.5) is 0 Å². The van der Waals surface area contributed by atoms with Crippen molar-refractivity contribution in [3.63, 3.8) is 0 Å². The third-order valence-electron chi connectivity index (χ3n) is 5.04. The Balaban J connectivity index is 1.77. The summed E-state index contributed by atoms with van der Waals surface area (Å²) in [6, 6.07) is 7.60. The number of carboxylic acids is 1. The summed E-state index contributed by atoms with van der Waals surface area (Å²) < 4.78 is 0. The van der Waals surface area contributed by atoms with E-state index in [-0.39, 0.29) is 17.2 Å². The lowest BCUT2D eigenvalue weighted by atomic mass is 9.78. The number of aliphatic carboxylic acids is 1. The Bertz CT molecular complexity index is 583. The van der Waals surface area contributed by atoms with Crippen molar-refractivity contribution in [3.05, 3.63) is 35.4 Å². The monoisotopic (exact) mass is 287 g/mol. The molecule has 1 fully saturated rings. The SMILES string of the molecule is CCC(NC(=O)C1CC12CCCc1ccccc12)C(=O)O. The molecule has 112 valence electrons. The van der Waals surface area contributed by atoms with E-state index in [1.54, 1.807) is 6.92 Å². The lowest BCUT2D eigenvalue weighted by molar-refractivity contribution is -0.142. The molecule has 1 aromatic carbocycles. The Kier molecular flexibility index (Phi) is 3.47. The van der Waals surface area contributed by atoms with Crippen molar-refractivity contribution in [2.24, 2.45) is 5.92 Å². The van der Waals surface area contributed by atoms with Gasteiger partial charge >= 0.3 is 5.97 Å². The second-order valence-electron chi connectivity index (χ2n) is 6.23. The normalized spacial score (nSPS) is 27.8. The lowest BCUT2D eigenvalue weighted by Gasteiger charge is -2.26. The highest BCUT2D eigenvalue weighted by molar-refractivity contribution is 5.88. The third-order valence-corrected chi connectivity index (χ3v) is 5.04. The first-order valence-corrected chi connectivity index (χ1v) is 7.70. The van der Waals surface area contributed by atoms with Gasteiger partial charge in [-0.1, -0.05) is 31.2 Å². The van der Waals surface area contributed by atoms with Crippen molar-refractivity contribution in [2.45, 2.75) is 50.5 Å². The predicted octanol–water partition coefficient (Wildman–Crippen LogP) is 2.26. The van der Waals surface area contributed by atoms with Gasteiger partial charge in [0.1, 0.15) is 6.04 Å². The first-order chi connectivity index (χ1) is 10.1. The molecule has 2 N–H and O–H groups in total. The minimum atomic E-state index is -0.954. The van der Waals surface area contributed by atoms with Gasteiger partial charge in [0.25, 0.3) is 0 Å². The molecule has 1 saturated carbocycles. The van der Waals surface area contributed by atoms with Gasteiger partial charge in [0, 0.05) is 11.3 Å². The summed E-state index contributed by atoms with van der Waals surface area (Å²) in [5, 5.41) is 11.8. The van der Waals surface area contributed by atoms with Crippen LogP contribution in [0.5, 0.6) is 0 Å². The molecule has 0 radical (unpaired) electrons. The van der Waals surface area contributed by atoms with Crippen LogP contribution in [0.15, 0.2) is 24.3 Å². The third kappa shape index (κ3) is 2.33. The number of aryl methyl sites for hydroxylation is 1. The topological polar surface area (TPSA) is 66.4 Å². The smallest absolute Gasteiger partial charge is 0.326 e. The fraction of sp³-hybridized carbons (Fsp3) is 0.529. The molecule has 4 nitrogen and oxygen atoms in total. The minimum Gasteiger partial charge on any atom is -0.480 e. The van der Waals surface area contributed by atoms with Gasteiger partial charge in [0.15, 0.2) is 0 Å². The van der Waals surface area contributed by atoms with Crippen molar-refractivity contribution < 1.29 is 14.7 Å². The molecule has 2 aliphatic rings. The molecule has 0 saturated heterocycles. The fourth-order valence-electron chi connectivity index (χ4n) is 3.79. The van der Waals surface area contributed by atoms with Crippen molar-refractivity contribution in [1.29, 1.82) is 0 Å². The van der Waals surface area contributed by atoms with E-state index in [2.05, 4.69) is 17.4 Å². The summed E-state index contributed by atoms with van der Waals surface area (Å²) >= 11 is 0. The lowest BCUT2D eigenvalue weighted by Crippen LogP contribution is -2.42. The molecule has 2 aliphatic carbocycles. The molecule has 0 aromatic heterocycles. The molecular weight excluding hydrogens is 266 g/mol. The fourth-order valence-corrected chi connectivity index (χ4v) is 3.79. The number of amides is 1. The molecule has 1 spiro atoms. The van der Waals surface area contributed by atoms with Crippen molar-refractivity contribution in [2.75, 3.05) is 0 Å². The van der Waals surface area contributed by atoms with E-state index in [1.807, 2.05) is 12.1 Å². The minimum absolute atomic E-state index is 0.0320. The predicted molar refractivity (Wildman–Crippen MR) is 79.0 cm³/mol. The Morgan fingerprint density at radius 2 is 2.19 bits per heavy atom. The van der Waals surface area contributed by atoms with Crippen LogP contribution in [-0.4, -0.2) is 23.0 Å². The molecule has 1 amide bonds. The number of hydrogen-bond acceptors (Lipinski definition) is 2. The quantitative estimate of drug-likeness (QED) is 0.892. The van der Waals surface area contributed by atoms with Crippen LogP contribution >= 0.6 is 0 Å². The highest BCUT2D eigenvalue weighted by atomic mass is 16.4. The molecule has 3 unspecified atom stereocenters. The average Bonchev–Trinajstić information content (AvgIpc) is 3.20. The molecule has 1 aromatic rings. The van der Waals surface area contributed by atoms with Crippen molar-refractivity contribution in [3.8, 4) is 0 Å². The standard InChI is InChI=1S/C17H21NO3/c1-2-14(16(20)21)18-15(19)13-10-17(13)9-5-7-11-6-3-4-8-12(11)17/h3-4,6,8,13-14H,2,5,7,9-10H2,1H3,(H,18,19)(H,20,21). The van der Waals surface area contributed by atoms with Crippen LogP contribution in [-0.2, 0) is 21.4 Å². The zero-order chi connectivity index (χ0) is 15.0. The van der Waals surface area contributed by atoms with Crippen LogP contribution in [0.3, 0.4) is 0 Å². The van der Waals surface area contributed by atoms with E-state index in [1.165, 1.54) is 11.1 Å². The van der Waals surface area contributed by atoms with E-state index < -0.39 is 12.0 Å². The van der Waals surface area contributed by atoms with Crippen molar-refractivity contribution >= 4 is 11.9 Å². The Morgan fingerprint density at radius 3 is 2.90 bits per heavy atom. The van der Waals surface area contributed by atoms with Gasteiger partial charge in [-0.3, -0.25) is 4.79 Å². The van der Waals surface area contributed by atoms with Gasteiger partial charge in [0.2, 0.25) is 5.91 Å². The van der Waals surface area contributed by atoms with Crippen LogP contribution in [0, 0.1) is 5.92 Å². The van der Waals surface area contributed by atoms with Crippen LogP contribution in [0.2, 0.25) is 0 Å². The number of hydrogen-bond donors (Lipinski definition) is 2. The van der Waals surface area contributed by atoms with E-state index >= 15 is 0 Å². The highest BCUT2D eigenvalue weighted by Gasteiger charge is 2.60. The summed E-state index contributed by atoms with van der Waals surface area (Å²) in [6.07, 6.45) is 4.49. The van der Waals surface area contributed by atoms with E-state index in [4.69, 9.17) is 5.11 Å². The molecule has 4 heteroatoms. The van der Waals surface area contributed by atoms with Gasteiger partial charge in [-0.25, -0.2) is 4.79 Å². The largest absolute Gasteiger partial charge is 0.480 e.